The maximum absolute atomic E-state index is 13.2. The fourth-order valence-electron chi connectivity index (χ4n) is 3.07. The van der Waals surface area contributed by atoms with Gasteiger partial charge >= 0.3 is 0 Å². The molecule has 6 nitrogen and oxygen atoms in total. The molecule has 0 radical (unpaired) electrons. The Morgan fingerprint density at radius 1 is 0.931 bits per heavy atom. The molecule has 0 fully saturated rings. The fourth-order valence-corrected chi connectivity index (χ4v) is 4.10. The summed E-state index contributed by atoms with van der Waals surface area (Å²) in [6.07, 6.45) is 3.11. The van der Waals surface area contributed by atoms with Crippen LogP contribution in [0.4, 0.5) is 0 Å². The third kappa shape index (κ3) is 4.00. The lowest BCUT2D eigenvalue weighted by atomic mass is 10.1. The van der Waals surface area contributed by atoms with Crippen molar-refractivity contribution in [1.29, 1.82) is 0 Å². The van der Waals surface area contributed by atoms with Gasteiger partial charge in [-0.25, -0.2) is 0 Å². The summed E-state index contributed by atoms with van der Waals surface area (Å²) in [5.41, 5.74) is 1.07. The van der Waals surface area contributed by atoms with Crippen molar-refractivity contribution in [3.8, 4) is 5.75 Å². The van der Waals surface area contributed by atoms with Crippen LogP contribution in [0.15, 0.2) is 74.8 Å². The number of imide groups is 1. The second-order valence-electron chi connectivity index (χ2n) is 6.31. The van der Waals surface area contributed by atoms with E-state index < -0.39 is 0 Å². The Balaban J connectivity index is 1.66. The van der Waals surface area contributed by atoms with Crippen LogP contribution in [-0.2, 0) is 21.9 Å². The molecule has 0 saturated carbocycles. The molecular weight excluding hydrogens is 390 g/mol. The summed E-state index contributed by atoms with van der Waals surface area (Å²) in [5, 5.41) is 0. The molecule has 0 N–H and O–H groups in total. The van der Waals surface area contributed by atoms with Gasteiger partial charge in [0.25, 0.3) is 11.8 Å². The van der Waals surface area contributed by atoms with Gasteiger partial charge in [0.05, 0.1) is 41.9 Å². The molecule has 0 unspecified atom stereocenters. The topological polar surface area (TPSA) is 72.9 Å². The van der Waals surface area contributed by atoms with Gasteiger partial charge in [0.1, 0.15) is 17.3 Å². The Bertz CT molecular complexity index is 1020. The van der Waals surface area contributed by atoms with Gasteiger partial charge in [0, 0.05) is 0 Å². The van der Waals surface area contributed by atoms with Crippen molar-refractivity contribution < 1.29 is 23.2 Å². The molecule has 0 bridgehead atoms. The van der Waals surface area contributed by atoms with Crippen LogP contribution in [0.5, 0.6) is 5.75 Å². The highest BCUT2D eigenvalue weighted by Gasteiger charge is 2.39. The average molecular weight is 409 g/mol. The van der Waals surface area contributed by atoms with Crippen LogP contribution in [-0.4, -0.2) is 23.3 Å². The molecule has 2 amide bonds. The molecular formula is C22H19NO5S. The maximum Gasteiger partial charge on any atom is 0.268 e. The van der Waals surface area contributed by atoms with E-state index in [1.807, 2.05) is 13.0 Å². The molecule has 0 saturated heterocycles. The lowest BCUT2D eigenvalue weighted by Gasteiger charge is -2.13. The van der Waals surface area contributed by atoms with Crippen LogP contribution in [0.2, 0.25) is 0 Å². The van der Waals surface area contributed by atoms with E-state index in [1.165, 1.54) is 22.9 Å². The first kappa shape index (κ1) is 19.1. The third-order valence-corrected chi connectivity index (χ3v) is 5.51. The van der Waals surface area contributed by atoms with Crippen LogP contribution in [0.3, 0.4) is 0 Å². The minimum Gasteiger partial charge on any atom is -0.494 e. The first-order valence-corrected chi connectivity index (χ1v) is 10.2. The predicted molar refractivity (Wildman–Crippen MR) is 109 cm³/mol. The maximum atomic E-state index is 13.2. The lowest BCUT2D eigenvalue weighted by molar-refractivity contribution is -0.137. The Morgan fingerprint density at radius 3 is 2.24 bits per heavy atom. The second kappa shape index (κ2) is 8.45. The third-order valence-electron chi connectivity index (χ3n) is 4.41. The highest BCUT2D eigenvalue weighted by atomic mass is 32.2. The number of amides is 2. The number of thioether (sulfide) groups is 1. The molecule has 1 aliphatic heterocycles. The summed E-state index contributed by atoms with van der Waals surface area (Å²) in [7, 11) is 0. The van der Waals surface area contributed by atoms with E-state index in [0.717, 1.165) is 5.76 Å². The number of hydrogen-bond donors (Lipinski definition) is 0. The molecule has 1 aliphatic rings. The summed E-state index contributed by atoms with van der Waals surface area (Å²) in [5.74, 6) is 1.79. The summed E-state index contributed by atoms with van der Waals surface area (Å²) in [6, 6.07) is 14.3. The molecule has 3 aromatic rings. The minimum atomic E-state index is -0.336. The Labute approximate surface area is 172 Å². The van der Waals surface area contributed by atoms with Crippen LogP contribution < -0.4 is 4.74 Å². The monoisotopic (exact) mass is 409 g/mol. The van der Waals surface area contributed by atoms with Gasteiger partial charge in [-0.05, 0) is 48.9 Å². The summed E-state index contributed by atoms with van der Waals surface area (Å²) in [6.45, 7) is 2.56. The van der Waals surface area contributed by atoms with E-state index in [0.29, 0.717) is 39.9 Å². The summed E-state index contributed by atoms with van der Waals surface area (Å²) in [4.78, 5) is 27.9. The number of benzene rings is 1. The van der Waals surface area contributed by atoms with E-state index in [-0.39, 0.29) is 18.4 Å². The molecule has 0 spiro atoms. The molecule has 29 heavy (non-hydrogen) atoms. The van der Waals surface area contributed by atoms with Crippen molar-refractivity contribution in [2.24, 2.45) is 0 Å². The first-order chi connectivity index (χ1) is 14.2. The number of carbonyl (C=O) groups is 2. The van der Waals surface area contributed by atoms with Crippen LogP contribution >= 0.6 is 11.8 Å². The zero-order valence-electron chi connectivity index (χ0n) is 15.8. The van der Waals surface area contributed by atoms with Crippen molar-refractivity contribution in [3.63, 3.8) is 0 Å². The first-order valence-electron chi connectivity index (χ1n) is 9.18. The highest BCUT2D eigenvalue weighted by Crippen LogP contribution is 2.38. The van der Waals surface area contributed by atoms with Gasteiger partial charge in [-0.1, -0.05) is 12.1 Å². The number of carbonyl (C=O) groups excluding carboxylic acids is 2. The summed E-state index contributed by atoms with van der Waals surface area (Å²) >= 11 is 1.30. The molecule has 0 atom stereocenters. The Hall–Kier alpha value is -3.19. The number of hydrogen-bond acceptors (Lipinski definition) is 6. The van der Waals surface area contributed by atoms with Crippen molar-refractivity contribution in [2.75, 3.05) is 6.61 Å². The van der Waals surface area contributed by atoms with Gasteiger partial charge < -0.3 is 13.6 Å². The molecule has 4 rings (SSSR count). The molecule has 1 aromatic carbocycles. The molecule has 7 heteroatoms. The normalized spacial score (nSPS) is 14.2. The number of ether oxygens (including phenoxy) is 1. The predicted octanol–water partition coefficient (Wildman–Crippen LogP) is 4.48. The minimum absolute atomic E-state index is 0.0933. The smallest absolute Gasteiger partial charge is 0.268 e. The number of rotatable bonds is 8. The van der Waals surface area contributed by atoms with Crippen LogP contribution in [0.1, 0.15) is 24.0 Å². The van der Waals surface area contributed by atoms with Gasteiger partial charge in [-0.3, -0.25) is 14.5 Å². The van der Waals surface area contributed by atoms with E-state index in [1.54, 1.807) is 48.7 Å². The number of nitrogens with zero attached hydrogens (tertiary/aromatic N) is 1. The average Bonchev–Trinajstić information content (AvgIpc) is 3.47. The van der Waals surface area contributed by atoms with Gasteiger partial charge in [-0.2, -0.15) is 0 Å². The molecule has 2 aromatic heterocycles. The Morgan fingerprint density at radius 2 is 1.62 bits per heavy atom. The Kier molecular flexibility index (Phi) is 5.57. The van der Waals surface area contributed by atoms with Crippen molar-refractivity contribution >= 4 is 29.1 Å². The van der Waals surface area contributed by atoms with E-state index in [9.17, 15) is 9.59 Å². The second-order valence-corrected chi connectivity index (χ2v) is 7.29. The zero-order valence-corrected chi connectivity index (χ0v) is 16.6. The van der Waals surface area contributed by atoms with Gasteiger partial charge in [0.15, 0.2) is 0 Å². The zero-order chi connectivity index (χ0) is 20.2. The molecule has 3 heterocycles. The van der Waals surface area contributed by atoms with Crippen LogP contribution in [0, 0.1) is 0 Å². The van der Waals surface area contributed by atoms with Crippen molar-refractivity contribution in [1.82, 2.24) is 4.90 Å². The quantitative estimate of drug-likeness (QED) is 0.511. The standard InChI is InChI=1S/C22H19NO5S/c1-2-26-16-9-7-15(8-10-16)19-20(29-14-18-6-4-12-28-18)22(25)23(21(19)24)13-17-5-3-11-27-17/h3-12H,2,13-14H2,1H3. The molecule has 0 aliphatic carbocycles. The van der Waals surface area contributed by atoms with E-state index >= 15 is 0 Å². The summed E-state index contributed by atoms with van der Waals surface area (Å²) < 4.78 is 16.2. The van der Waals surface area contributed by atoms with E-state index in [2.05, 4.69) is 0 Å². The van der Waals surface area contributed by atoms with Crippen LogP contribution in [0.25, 0.3) is 5.57 Å². The number of furan rings is 2. The lowest BCUT2D eigenvalue weighted by Crippen LogP contribution is -2.30. The molecule has 148 valence electrons. The van der Waals surface area contributed by atoms with Crippen molar-refractivity contribution in [3.05, 3.63) is 83.0 Å². The SMILES string of the molecule is CCOc1ccc(C2=C(SCc3ccco3)C(=O)N(Cc3ccco3)C2=O)cc1. The van der Waals surface area contributed by atoms with Gasteiger partial charge in [-0.15, -0.1) is 11.8 Å². The highest BCUT2D eigenvalue weighted by molar-refractivity contribution is 8.03. The fraction of sp³-hybridized carbons (Fsp3) is 0.182. The van der Waals surface area contributed by atoms with Crippen molar-refractivity contribution in [2.45, 2.75) is 19.2 Å². The largest absolute Gasteiger partial charge is 0.494 e. The van der Waals surface area contributed by atoms with Gasteiger partial charge in [0.2, 0.25) is 0 Å². The van der Waals surface area contributed by atoms with E-state index in [4.69, 9.17) is 13.6 Å².